The fourth-order valence-electron chi connectivity index (χ4n) is 2.84. The van der Waals surface area contributed by atoms with Crippen molar-refractivity contribution in [2.75, 3.05) is 6.61 Å². The largest absolute Gasteiger partial charge is 0.464 e. The zero-order valence-electron chi connectivity index (χ0n) is 17.8. The van der Waals surface area contributed by atoms with Crippen LogP contribution in [0.15, 0.2) is 5.38 Å². The van der Waals surface area contributed by atoms with Crippen molar-refractivity contribution >= 4 is 23.2 Å². The van der Waals surface area contributed by atoms with Crippen molar-refractivity contribution < 1.29 is 19.4 Å². The average molecular weight is 423 g/mol. The molecule has 2 unspecified atom stereocenters. The standard InChI is InChI=1S/C22H34N2O4S/c1-4-6-7-8-9-10-11-12-13-14-15-18-16-29-21(24-18)20(26)19(23-17(3)25)22(27)28-5-2/h16,19-20,26H,4-13H2,1-3H3,(H,23,25). The second kappa shape index (κ2) is 15.0. The highest BCUT2D eigenvalue weighted by atomic mass is 32.1. The zero-order valence-corrected chi connectivity index (χ0v) is 18.6. The number of nitrogens with zero attached hydrogens (tertiary/aromatic N) is 1. The normalized spacial score (nSPS) is 12.6. The number of unbranched alkanes of at least 4 members (excludes halogenated alkanes) is 8. The molecule has 0 aliphatic rings. The number of aromatic nitrogens is 1. The van der Waals surface area contributed by atoms with Crippen LogP contribution in [0.2, 0.25) is 0 Å². The van der Waals surface area contributed by atoms with Crippen LogP contribution in [0.4, 0.5) is 0 Å². The Balaban J connectivity index is 2.47. The monoisotopic (exact) mass is 422 g/mol. The summed E-state index contributed by atoms with van der Waals surface area (Å²) in [4.78, 5) is 27.7. The van der Waals surface area contributed by atoms with E-state index < -0.39 is 24.0 Å². The van der Waals surface area contributed by atoms with E-state index in [0.717, 1.165) is 12.8 Å². The number of nitrogens with one attached hydrogen (secondary N) is 1. The Kier molecular flexibility index (Phi) is 13.0. The third-order valence-corrected chi connectivity index (χ3v) is 5.28. The summed E-state index contributed by atoms with van der Waals surface area (Å²) in [5.74, 6) is 5.01. The number of carbonyl (C=O) groups excluding carboxylic acids is 2. The van der Waals surface area contributed by atoms with Gasteiger partial charge in [0.25, 0.3) is 0 Å². The average Bonchev–Trinajstić information content (AvgIpc) is 3.16. The van der Waals surface area contributed by atoms with E-state index in [1.165, 1.54) is 63.2 Å². The predicted molar refractivity (Wildman–Crippen MR) is 115 cm³/mol. The first-order chi connectivity index (χ1) is 14.0. The van der Waals surface area contributed by atoms with Gasteiger partial charge in [0.2, 0.25) is 5.91 Å². The number of hydrogen-bond donors (Lipinski definition) is 2. The minimum atomic E-state index is -1.27. The first-order valence-electron chi connectivity index (χ1n) is 10.6. The predicted octanol–water partition coefficient (Wildman–Crippen LogP) is 4.13. The summed E-state index contributed by atoms with van der Waals surface area (Å²) in [6.07, 6.45) is 9.67. The van der Waals surface area contributed by atoms with E-state index in [-0.39, 0.29) is 6.61 Å². The van der Waals surface area contributed by atoms with Gasteiger partial charge in [-0.2, -0.15) is 0 Å². The Hall–Kier alpha value is -1.91. The highest BCUT2D eigenvalue weighted by molar-refractivity contribution is 7.09. The van der Waals surface area contributed by atoms with Gasteiger partial charge in [0.05, 0.1) is 6.61 Å². The molecular formula is C22H34N2O4S. The first kappa shape index (κ1) is 25.1. The zero-order chi connectivity index (χ0) is 21.5. The lowest BCUT2D eigenvalue weighted by Crippen LogP contribution is -2.45. The van der Waals surface area contributed by atoms with Crippen LogP contribution in [0.5, 0.6) is 0 Å². The summed E-state index contributed by atoms with van der Waals surface area (Å²) in [6, 6.07) is -1.18. The van der Waals surface area contributed by atoms with Crippen molar-refractivity contribution in [3.05, 3.63) is 16.1 Å². The van der Waals surface area contributed by atoms with Crippen LogP contribution < -0.4 is 5.32 Å². The number of thiazole rings is 1. The first-order valence-corrected chi connectivity index (χ1v) is 11.4. The summed E-state index contributed by atoms with van der Waals surface area (Å²) in [6.45, 7) is 5.34. The van der Waals surface area contributed by atoms with Gasteiger partial charge in [-0.3, -0.25) is 4.79 Å². The molecule has 1 heterocycles. The number of hydrogen-bond acceptors (Lipinski definition) is 6. The smallest absolute Gasteiger partial charge is 0.331 e. The topological polar surface area (TPSA) is 88.5 Å². The second-order valence-electron chi connectivity index (χ2n) is 6.97. The van der Waals surface area contributed by atoms with Crippen LogP contribution in [0.25, 0.3) is 0 Å². The van der Waals surface area contributed by atoms with Crippen molar-refractivity contribution in [3.63, 3.8) is 0 Å². The lowest BCUT2D eigenvalue weighted by Gasteiger charge is -2.20. The van der Waals surface area contributed by atoms with Crippen molar-refractivity contribution in [1.29, 1.82) is 0 Å². The molecule has 2 N–H and O–H groups in total. The number of amides is 1. The highest BCUT2D eigenvalue weighted by Crippen LogP contribution is 2.22. The molecule has 1 rings (SSSR count). The molecular weight excluding hydrogens is 388 g/mol. The maximum absolute atomic E-state index is 12.0. The minimum Gasteiger partial charge on any atom is -0.464 e. The molecule has 0 spiro atoms. The van der Waals surface area contributed by atoms with Gasteiger partial charge in [-0.05, 0) is 19.3 Å². The van der Waals surface area contributed by atoms with Gasteiger partial charge in [0.15, 0.2) is 6.04 Å². The number of carbonyl (C=O) groups is 2. The Bertz CT molecular complexity index is 678. The molecule has 1 aromatic rings. The molecule has 0 aliphatic carbocycles. The lowest BCUT2D eigenvalue weighted by molar-refractivity contribution is -0.150. The third-order valence-electron chi connectivity index (χ3n) is 4.36. The van der Waals surface area contributed by atoms with Crippen LogP contribution in [-0.2, 0) is 14.3 Å². The Morgan fingerprint density at radius 3 is 2.45 bits per heavy atom. The van der Waals surface area contributed by atoms with E-state index in [9.17, 15) is 14.7 Å². The molecule has 0 saturated heterocycles. The Morgan fingerprint density at radius 2 is 1.83 bits per heavy atom. The van der Waals surface area contributed by atoms with Gasteiger partial charge in [-0.15, -0.1) is 11.3 Å². The Morgan fingerprint density at radius 1 is 1.17 bits per heavy atom. The molecule has 1 amide bonds. The SMILES string of the molecule is CCCCCCCCCCC#Cc1csc(C(O)C(NC(C)=O)C(=O)OCC)n1. The summed E-state index contributed by atoms with van der Waals surface area (Å²) < 4.78 is 4.93. The molecule has 0 aromatic carbocycles. The number of aliphatic hydroxyl groups excluding tert-OH is 1. The molecule has 1 aromatic heterocycles. The molecule has 6 nitrogen and oxygen atoms in total. The Labute approximate surface area is 178 Å². The van der Waals surface area contributed by atoms with Crippen LogP contribution in [0.1, 0.15) is 95.4 Å². The van der Waals surface area contributed by atoms with E-state index in [1.54, 1.807) is 12.3 Å². The van der Waals surface area contributed by atoms with Gasteiger partial charge >= 0.3 is 5.97 Å². The third kappa shape index (κ3) is 10.4. The van der Waals surface area contributed by atoms with Crippen LogP contribution in [0, 0.1) is 11.8 Å². The molecule has 0 aliphatic heterocycles. The summed E-state index contributed by atoms with van der Waals surface area (Å²) in [7, 11) is 0. The van der Waals surface area contributed by atoms with Crippen molar-refractivity contribution in [3.8, 4) is 11.8 Å². The summed E-state index contributed by atoms with van der Waals surface area (Å²) >= 11 is 1.21. The molecule has 0 radical (unpaired) electrons. The fourth-order valence-corrected chi connectivity index (χ4v) is 3.61. The number of aliphatic hydroxyl groups is 1. The van der Waals surface area contributed by atoms with Gasteiger partial charge in [0.1, 0.15) is 16.8 Å². The van der Waals surface area contributed by atoms with Crippen molar-refractivity contribution in [2.24, 2.45) is 0 Å². The minimum absolute atomic E-state index is 0.162. The van der Waals surface area contributed by atoms with Crippen LogP contribution >= 0.6 is 11.3 Å². The van der Waals surface area contributed by atoms with E-state index in [4.69, 9.17) is 4.74 Å². The van der Waals surface area contributed by atoms with Crippen molar-refractivity contribution in [1.82, 2.24) is 10.3 Å². The second-order valence-corrected chi connectivity index (χ2v) is 7.86. The van der Waals surface area contributed by atoms with E-state index >= 15 is 0 Å². The van der Waals surface area contributed by atoms with Gasteiger partial charge in [-0.1, -0.05) is 57.8 Å². The molecule has 7 heteroatoms. The van der Waals surface area contributed by atoms with Crippen LogP contribution in [0.3, 0.4) is 0 Å². The molecule has 0 fully saturated rings. The van der Waals surface area contributed by atoms with Gasteiger partial charge < -0.3 is 15.2 Å². The molecule has 29 heavy (non-hydrogen) atoms. The highest BCUT2D eigenvalue weighted by Gasteiger charge is 2.32. The van der Waals surface area contributed by atoms with E-state index in [0.29, 0.717) is 10.7 Å². The lowest BCUT2D eigenvalue weighted by atomic mass is 10.1. The maximum Gasteiger partial charge on any atom is 0.331 e. The molecule has 0 saturated carbocycles. The molecule has 2 atom stereocenters. The van der Waals surface area contributed by atoms with Gasteiger partial charge in [0, 0.05) is 18.7 Å². The maximum atomic E-state index is 12.0. The van der Waals surface area contributed by atoms with Crippen molar-refractivity contribution in [2.45, 2.75) is 90.7 Å². The van der Waals surface area contributed by atoms with Gasteiger partial charge in [-0.25, -0.2) is 9.78 Å². The quantitative estimate of drug-likeness (QED) is 0.283. The summed E-state index contributed by atoms with van der Waals surface area (Å²) in [5, 5.41) is 15.0. The number of ether oxygens (including phenoxy) is 1. The summed E-state index contributed by atoms with van der Waals surface area (Å²) in [5.41, 5.74) is 0.564. The molecule has 0 bridgehead atoms. The molecule has 162 valence electrons. The number of esters is 1. The number of rotatable bonds is 13. The van der Waals surface area contributed by atoms with E-state index in [2.05, 4.69) is 29.1 Å². The van der Waals surface area contributed by atoms with Crippen LogP contribution in [-0.4, -0.2) is 34.6 Å². The van der Waals surface area contributed by atoms with E-state index in [1.807, 2.05) is 0 Å². The fraction of sp³-hybridized carbons (Fsp3) is 0.682.